The lowest BCUT2D eigenvalue weighted by atomic mass is 10.0. The van der Waals surface area contributed by atoms with Crippen LogP contribution in [0.25, 0.3) is 10.8 Å². The van der Waals surface area contributed by atoms with Crippen molar-refractivity contribution in [3.05, 3.63) is 96.8 Å². The van der Waals surface area contributed by atoms with Gasteiger partial charge in [0.2, 0.25) is 5.91 Å². The first-order valence-electron chi connectivity index (χ1n) is 10.1. The molecule has 0 aliphatic heterocycles. The molecule has 3 aromatic carbocycles. The highest BCUT2D eigenvalue weighted by atomic mass is 32.2. The molecule has 0 saturated carbocycles. The summed E-state index contributed by atoms with van der Waals surface area (Å²) in [5, 5.41) is 12.0. The molecule has 0 aliphatic carbocycles. The van der Waals surface area contributed by atoms with Crippen molar-refractivity contribution in [3.63, 3.8) is 0 Å². The van der Waals surface area contributed by atoms with Crippen molar-refractivity contribution in [2.75, 3.05) is 17.7 Å². The van der Waals surface area contributed by atoms with Crippen molar-refractivity contribution in [1.82, 2.24) is 14.8 Å². The maximum Gasteiger partial charge on any atom is 0.237 e. The molecule has 0 unspecified atom stereocenters. The molecule has 0 aliphatic rings. The van der Waals surface area contributed by atoms with E-state index in [4.69, 9.17) is 0 Å². The first-order valence-corrected chi connectivity index (χ1v) is 11.1. The average Bonchev–Trinajstić information content (AvgIpc) is 3.19. The lowest BCUT2D eigenvalue weighted by Crippen LogP contribution is -2.28. The number of hydrogen-bond acceptors (Lipinski definition) is 4. The lowest BCUT2D eigenvalue weighted by Gasteiger charge is -2.17. The first kappa shape index (κ1) is 20.9. The zero-order valence-corrected chi connectivity index (χ0v) is 18.3. The highest BCUT2D eigenvalue weighted by molar-refractivity contribution is 7.99. The molecule has 4 aromatic rings. The van der Waals surface area contributed by atoms with Gasteiger partial charge >= 0.3 is 0 Å². The molecule has 31 heavy (non-hydrogen) atoms. The number of hydrogen-bond donors (Lipinski definition) is 0. The largest absolute Gasteiger partial charge is 0.315 e. The molecule has 156 valence electrons. The smallest absolute Gasteiger partial charge is 0.237 e. The van der Waals surface area contributed by atoms with Gasteiger partial charge in [0, 0.05) is 25.7 Å². The van der Waals surface area contributed by atoms with Crippen LogP contribution in [0.5, 0.6) is 0 Å². The summed E-state index contributed by atoms with van der Waals surface area (Å²) in [6.07, 6.45) is 2.50. The summed E-state index contributed by atoms with van der Waals surface area (Å²) in [7, 11) is 1.79. The average molecular weight is 429 g/mol. The Balaban J connectivity index is 1.52. The molecule has 0 bridgehead atoms. The maximum atomic E-state index is 12.7. The van der Waals surface area contributed by atoms with Gasteiger partial charge in [-0.3, -0.25) is 4.79 Å². The highest BCUT2D eigenvalue weighted by Crippen LogP contribution is 2.24. The van der Waals surface area contributed by atoms with Crippen LogP contribution in [0.1, 0.15) is 11.4 Å². The van der Waals surface area contributed by atoms with Crippen molar-refractivity contribution in [1.29, 1.82) is 0 Å². The topological polar surface area (TPSA) is 51.0 Å². The number of carbonyl (C=O) groups excluding carboxylic acids is 1. The molecule has 1 heterocycles. The summed E-state index contributed by atoms with van der Waals surface area (Å²) < 4.78 is 2.04. The zero-order valence-electron chi connectivity index (χ0n) is 17.4. The maximum absolute atomic E-state index is 12.7. The minimum Gasteiger partial charge on any atom is -0.315 e. The van der Waals surface area contributed by atoms with Crippen LogP contribution >= 0.6 is 11.8 Å². The van der Waals surface area contributed by atoms with Crippen LogP contribution < -0.4 is 4.90 Å². The van der Waals surface area contributed by atoms with E-state index in [1.165, 1.54) is 28.1 Å². The Labute approximate surface area is 186 Å². The zero-order chi connectivity index (χ0) is 21.6. The van der Waals surface area contributed by atoms with Gasteiger partial charge in [-0.2, -0.15) is 0 Å². The molecular formula is C25H24N4OS. The number of anilines is 1. The van der Waals surface area contributed by atoms with Gasteiger partial charge < -0.3 is 9.47 Å². The third kappa shape index (κ3) is 4.70. The summed E-state index contributed by atoms with van der Waals surface area (Å²) in [4.78, 5) is 14.3. The molecule has 0 fully saturated rings. The van der Waals surface area contributed by atoms with Crippen LogP contribution in [0.4, 0.5) is 5.69 Å². The van der Waals surface area contributed by atoms with Crippen molar-refractivity contribution in [2.24, 2.45) is 0 Å². The quantitative estimate of drug-likeness (QED) is 0.294. The molecule has 0 atom stereocenters. The number of amides is 1. The van der Waals surface area contributed by atoms with Crippen molar-refractivity contribution < 1.29 is 4.79 Å². The number of nitrogens with zero attached hydrogens (tertiary/aromatic N) is 4. The number of fused-ring (bicyclic) bond motifs is 1. The van der Waals surface area contributed by atoms with Gasteiger partial charge in [0.05, 0.1) is 5.75 Å². The Kier molecular flexibility index (Phi) is 6.48. The second-order valence-corrected chi connectivity index (χ2v) is 8.13. The van der Waals surface area contributed by atoms with E-state index in [0.29, 0.717) is 13.0 Å². The molecule has 0 saturated heterocycles. The van der Waals surface area contributed by atoms with Gasteiger partial charge in [0.1, 0.15) is 5.82 Å². The number of rotatable bonds is 8. The number of carbonyl (C=O) groups is 1. The third-order valence-corrected chi connectivity index (χ3v) is 6.13. The fourth-order valence-electron chi connectivity index (χ4n) is 3.50. The minimum absolute atomic E-state index is 0.0138. The van der Waals surface area contributed by atoms with Crippen LogP contribution in [-0.2, 0) is 17.8 Å². The standard InChI is InChI=1S/C25H24N4OS/c1-3-16-29-23(17-20-12-9-11-19-10-7-8-15-22(19)20)26-27-25(29)31-18-24(30)28(2)21-13-5-4-6-14-21/h3-15H,1,16-18H2,2H3. The Morgan fingerprint density at radius 3 is 2.58 bits per heavy atom. The summed E-state index contributed by atoms with van der Waals surface area (Å²) in [6, 6.07) is 24.3. The monoisotopic (exact) mass is 428 g/mol. The Morgan fingerprint density at radius 2 is 1.77 bits per heavy atom. The second kappa shape index (κ2) is 9.62. The van der Waals surface area contributed by atoms with Gasteiger partial charge in [0.15, 0.2) is 5.16 Å². The second-order valence-electron chi connectivity index (χ2n) is 7.19. The summed E-state index contributed by atoms with van der Waals surface area (Å²) in [5.41, 5.74) is 2.07. The summed E-state index contributed by atoms with van der Waals surface area (Å²) in [6.45, 7) is 4.47. The number of aromatic nitrogens is 3. The van der Waals surface area contributed by atoms with Crippen LogP contribution in [-0.4, -0.2) is 33.5 Å². The molecule has 6 heteroatoms. The van der Waals surface area contributed by atoms with Gasteiger partial charge in [-0.25, -0.2) is 0 Å². The molecule has 1 aromatic heterocycles. The summed E-state index contributed by atoms with van der Waals surface area (Å²) >= 11 is 1.40. The fourth-order valence-corrected chi connectivity index (χ4v) is 4.39. The Hall–Kier alpha value is -3.38. The van der Waals surface area contributed by atoms with Crippen molar-refractivity contribution in [2.45, 2.75) is 18.1 Å². The van der Waals surface area contributed by atoms with E-state index in [-0.39, 0.29) is 11.7 Å². The van der Waals surface area contributed by atoms with E-state index >= 15 is 0 Å². The van der Waals surface area contributed by atoms with E-state index in [2.05, 4.69) is 53.2 Å². The number of thioether (sulfide) groups is 1. The van der Waals surface area contributed by atoms with E-state index in [9.17, 15) is 4.79 Å². The predicted octanol–water partition coefficient (Wildman–Crippen LogP) is 4.96. The van der Waals surface area contributed by atoms with Gasteiger partial charge in [-0.15, -0.1) is 16.8 Å². The first-order chi connectivity index (χ1) is 15.2. The van der Waals surface area contributed by atoms with Crippen LogP contribution in [0.2, 0.25) is 0 Å². The normalized spacial score (nSPS) is 10.9. The van der Waals surface area contributed by atoms with E-state index in [1.807, 2.05) is 47.0 Å². The molecule has 0 spiro atoms. The van der Waals surface area contributed by atoms with Crippen molar-refractivity contribution >= 4 is 34.1 Å². The fraction of sp³-hybridized carbons (Fsp3) is 0.160. The van der Waals surface area contributed by atoms with Crippen LogP contribution in [0.15, 0.2) is 90.6 Å². The molecule has 1 amide bonds. The lowest BCUT2D eigenvalue weighted by molar-refractivity contribution is -0.115. The Bertz CT molecular complexity index is 1200. The van der Waals surface area contributed by atoms with E-state index in [0.717, 1.165) is 16.7 Å². The van der Waals surface area contributed by atoms with Gasteiger partial charge in [0.25, 0.3) is 0 Å². The van der Waals surface area contributed by atoms with Crippen molar-refractivity contribution in [3.8, 4) is 0 Å². The van der Waals surface area contributed by atoms with Crippen LogP contribution in [0, 0.1) is 0 Å². The number of allylic oxidation sites excluding steroid dienone is 1. The van der Waals surface area contributed by atoms with E-state index < -0.39 is 0 Å². The predicted molar refractivity (Wildman–Crippen MR) is 128 cm³/mol. The molecule has 0 N–H and O–H groups in total. The third-order valence-electron chi connectivity index (χ3n) is 5.18. The minimum atomic E-state index is 0.0138. The molecule has 5 nitrogen and oxygen atoms in total. The number of para-hydroxylation sites is 1. The highest BCUT2D eigenvalue weighted by Gasteiger charge is 2.17. The Morgan fingerprint density at radius 1 is 1.03 bits per heavy atom. The number of benzene rings is 3. The van der Waals surface area contributed by atoms with E-state index in [1.54, 1.807) is 11.9 Å². The molecular weight excluding hydrogens is 404 g/mol. The van der Waals surface area contributed by atoms with Crippen LogP contribution in [0.3, 0.4) is 0 Å². The summed E-state index contributed by atoms with van der Waals surface area (Å²) in [5.74, 6) is 1.16. The molecule has 0 radical (unpaired) electrons. The van der Waals surface area contributed by atoms with Gasteiger partial charge in [-0.1, -0.05) is 78.5 Å². The van der Waals surface area contributed by atoms with Gasteiger partial charge in [-0.05, 0) is 28.5 Å². The molecule has 4 rings (SSSR count). The SMILES string of the molecule is C=CCn1c(Cc2cccc3ccccc23)nnc1SCC(=O)N(C)c1ccccc1.